The monoisotopic (exact) mass is 786 g/mol. The molecular weight excluding hydrogens is 737 g/mol. The van der Waals surface area contributed by atoms with E-state index >= 15 is 0 Å². The number of phenols is 1. The molecule has 0 unspecified atom stereocenters. The number of pyridine rings is 1. The Morgan fingerprint density at radius 1 is 0.717 bits per heavy atom. The number of fused-ring (bicyclic) bond motifs is 4. The first-order valence-corrected chi connectivity index (χ1v) is 20.8. The van der Waals surface area contributed by atoms with E-state index in [1.165, 1.54) is 27.4 Å². The molecule has 2 aliphatic rings. The second-order valence-electron chi connectivity index (χ2n) is 17.8. The molecule has 0 saturated heterocycles. The molecular formula is C53H50N6O. The molecule has 0 aliphatic heterocycles. The van der Waals surface area contributed by atoms with Crippen molar-refractivity contribution < 1.29 is 5.11 Å². The van der Waals surface area contributed by atoms with Crippen molar-refractivity contribution in [3.63, 3.8) is 0 Å². The fourth-order valence-electron chi connectivity index (χ4n) is 9.14. The summed E-state index contributed by atoms with van der Waals surface area (Å²) in [6.45, 7) is 24.7. The van der Waals surface area contributed by atoms with Gasteiger partial charge in [0.1, 0.15) is 11.3 Å². The van der Waals surface area contributed by atoms with Gasteiger partial charge in [-0.05, 0) is 131 Å². The van der Waals surface area contributed by atoms with Gasteiger partial charge in [-0.1, -0.05) is 101 Å². The second kappa shape index (κ2) is 17.5. The molecule has 0 bridgehead atoms. The number of hydrogen-bond acceptors (Lipinski definition) is 4. The van der Waals surface area contributed by atoms with E-state index in [0.717, 1.165) is 90.3 Å². The summed E-state index contributed by atoms with van der Waals surface area (Å²) >= 11 is 0. The van der Waals surface area contributed by atoms with Crippen LogP contribution in [-0.2, 0) is 13.0 Å². The molecule has 3 aromatic carbocycles. The number of rotatable bonds is 11. The maximum Gasteiger partial charge on any atom is 0.265 e. The number of allylic oxidation sites excluding steroid dienone is 10. The minimum Gasteiger partial charge on any atom is -0.506 e. The van der Waals surface area contributed by atoms with Crippen molar-refractivity contribution in [1.29, 1.82) is 10.5 Å². The Morgan fingerprint density at radius 3 is 1.80 bits per heavy atom. The molecule has 2 aliphatic carbocycles. The summed E-state index contributed by atoms with van der Waals surface area (Å²) in [6.07, 6.45) is 22.8. The van der Waals surface area contributed by atoms with E-state index in [2.05, 4.69) is 120 Å². The molecule has 2 aromatic heterocycles. The Kier molecular flexibility index (Phi) is 12.0. The third-order valence-electron chi connectivity index (χ3n) is 11.8. The lowest BCUT2D eigenvalue weighted by molar-refractivity contribution is 0.354. The molecule has 0 spiro atoms. The SMILES string of the molecule is [C-]#[N+]/C(C#N)=C1C=C(/C=C/c2ccc3c(c2)c2cc(/C=C/C4=CC(=C(\C#N)[N+]#[C-])/CC(C)(C)C4)ccc2n3CCCCCCc2ccc(O)c3ncccc23)CC(C)(C)C/1. The van der Waals surface area contributed by atoms with Crippen LogP contribution in [0.3, 0.4) is 0 Å². The molecule has 298 valence electrons. The lowest BCUT2D eigenvalue weighted by Crippen LogP contribution is -2.17. The predicted octanol–water partition coefficient (Wildman–Crippen LogP) is 13.8. The highest BCUT2D eigenvalue weighted by Crippen LogP contribution is 2.41. The van der Waals surface area contributed by atoms with Crippen LogP contribution in [0.2, 0.25) is 0 Å². The topological polar surface area (TPSA) is 94.3 Å². The third kappa shape index (κ3) is 9.18. The van der Waals surface area contributed by atoms with Crippen molar-refractivity contribution in [2.45, 2.75) is 92.0 Å². The molecule has 7 heteroatoms. The van der Waals surface area contributed by atoms with E-state index in [-0.39, 0.29) is 28.0 Å². The summed E-state index contributed by atoms with van der Waals surface area (Å²) in [5.74, 6) is 0.223. The quantitative estimate of drug-likeness (QED) is 0.0819. The summed E-state index contributed by atoms with van der Waals surface area (Å²) in [4.78, 5) is 11.4. The van der Waals surface area contributed by atoms with Gasteiger partial charge in [0.05, 0.1) is 25.3 Å². The van der Waals surface area contributed by atoms with Gasteiger partial charge < -0.3 is 9.67 Å². The van der Waals surface area contributed by atoms with Crippen LogP contribution in [0.15, 0.2) is 125 Å². The number of benzene rings is 3. The van der Waals surface area contributed by atoms with E-state index in [1.807, 2.05) is 30.4 Å². The fraction of sp³-hybridized carbons (Fsp3) is 0.302. The first kappa shape index (κ1) is 41.2. The average molecular weight is 787 g/mol. The van der Waals surface area contributed by atoms with E-state index in [1.54, 1.807) is 12.3 Å². The Balaban J connectivity index is 1.17. The molecule has 7 nitrogen and oxygen atoms in total. The lowest BCUT2D eigenvalue weighted by Gasteiger charge is -2.30. The highest BCUT2D eigenvalue weighted by atomic mass is 16.3. The van der Waals surface area contributed by atoms with Crippen LogP contribution < -0.4 is 0 Å². The number of aryl methyl sites for hydroxylation is 2. The smallest absolute Gasteiger partial charge is 0.265 e. The van der Waals surface area contributed by atoms with E-state index in [9.17, 15) is 15.6 Å². The highest BCUT2D eigenvalue weighted by Gasteiger charge is 2.27. The van der Waals surface area contributed by atoms with Crippen LogP contribution in [0.4, 0.5) is 0 Å². The zero-order chi connectivity index (χ0) is 42.4. The van der Waals surface area contributed by atoms with Crippen molar-refractivity contribution in [3.05, 3.63) is 164 Å². The number of aromatic nitrogens is 2. The van der Waals surface area contributed by atoms with Gasteiger partial charge in [-0.3, -0.25) is 4.98 Å². The van der Waals surface area contributed by atoms with Gasteiger partial charge in [0.2, 0.25) is 0 Å². The predicted molar refractivity (Wildman–Crippen MR) is 244 cm³/mol. The molecule has 0 amide bonds. The van der Waals surface area contributed by atoms with Crippen LogP contribution >= 0.6 is 0 Å². The van der Waals surface area contributed by atoms with Crippen LogP contribution in [0.1, 0.15) is 95.8 Å². The summed E-state index contributed by atoms with van der Waals surface area (Å²) in [6, 6.07) is 25.3. The van der Waals surface area contributed by atoms with E-state index < -0.39 is 0 Å². The first-order chi connectivity index (χ1) is 28.9. The Morgan fingerprint density at radius 2 is 1.27 bits per heavy atom. The van der Waals surface area contributed by atoms with Gasteiger partial charge in [0, 0.05) is 39.9 Å². The maximum atomic E-state index is 10.3. The van der Waals surface area contributed by atoms with Gasteiger partial charge in [-0.15, -0.1) is 0 Å². The Labute approximate surface area is 353 Å². The van der Waals surface area contributed by atoms with Crippen LogP contribution in [0, 0.1) is 46.6 Å². The van der Waals surface area contributed by atoms with Gasteiger partial charge in [0.25, 0.3) is 11.4 Å². The molecule has 5 aromatic rings. The molecule has 60 heavy (non-hydrogen) atoms. The van der Waals surface area contributed by atoms with E-state index in [4.69, 9.17) is 13.1 Å². The number of hydrogen-bond donors (Lipinski definition) is 1. The largest absolute Gasteiger partial charge is 0.506 e. The van der Waals surface area contributed by atoms with Crippen molar-refractivity contribution >= 4 is 44.9 Å². The van der Waals surface area contributed by atoms with Crippen LogP contribution in [-0.4, -0.2) is 14.7 Å². The number of unbranched alkanes of at least 4 members (excludes halogenated alkanes) is 3. The number of phenolic OH excluding ortho intramolecular Hbond substituents is 1. The van der Waals surface area contributed by atoms with Gasteiger partial charge in [-0.25, -0.2) is 20.2 Å². The molecule has 0 fully saturated rings. The average Bonchev–Trinajstić information content (AvgIpc) is 3.53. The first-order valence-electron chi connectivity index (χ1n) is 20.8. The zero-order valence-corrected chi connectivity index (χ0v) is 35.0. The molecule has 2 heterocycles. The normalized spacial score (nSPS) is 17.9. The standard InChI is InChI=1S/C53H50N6O/c1-52(2)30-38(26-41(32-52)46(34-54)56-5)16-14-36-18-21-48-44(28-36)45-29-37(15-17-39-27-42(47(35-55)57-6)33-53(3,4)31-39)19-22-49(45)59(48)25-10-8-7-9-12-40-20-23-50(60)51-43(40)13-11-24-58-51/h11,13-24,26-29,60H,7-10,12,25,30-33H2,1-4H3/b16-14+,17-15+,46-41-,47-42-. The summed E-state index contributed by atoms with van der Waals surface area (Å²) in [5.41, 5.74) is 10.5. The van der Waals surface area contributed by atoms with Crippen molar-refractivity contribution in [1.82, 2.24) is 9.55 Å². The third-order valence-corrected chi connectivity index (χ3v) is 11.8. The molecule has 1 N–H and O–H groups in total. The number of aromatic hydroxyl groups is 1. The second-order valence-corrected chi connectivity index (χ2v) is 17.8. The Bertz CT molecular complexity index is 2700. The maximum absolute atomic E-state index is 10.3. The number of nitriles is 2. The van der Waals surface area contributed by atoms with Crippen LogP contribution in [0.25, 0.3) is 54.6 Å². The minimum atomic E-state index is -0.0501. The van der Waals surface area contributed by atoms with Gasteiger partial charge in [-0.2, -0.15) is 0 Å². The van der Waals surface area contributed by atoms with Crippen LogP contribution in [0.5, 0.6) is 5.75 Å². The highest BCUT2D eigenvalue weighted by molar-refractivity contribution is 6.09. The van der Waals surface area contributed by atoms with Gasteiger partial charge >= 0.3 is 0 Å². The molecule has 0 saturated carbocycles. The number of nitrogens with zero attached hydrogens (tertiary/aromatic N) is 6. The summed E-state index contributed by atoms with van der Waals surface area (Å²) in [5, 5.41) is 32.8. The van der Waals surface area contributed by atoms with Crippen molar-refractivity contribution in [3.8, 4) is 17.9 Å². The minimum absolute atomic E-state index is 0.0501. The molecule has 0 radical (unpaired) electrons. The molecule has 0 atom stereocenters. The zero-order valence-electron chi connectivity index (χ0n) is 35.0. The van der Waals surface area contributed by atoms with E-state index in [0.29, 0.717) is 18.4 Å². The fourth-order valence-corrected chi connectivity index (χ4v) is 9.14. The lowest BCUT2D eigenvalue weighted by atomic mass is 9.74. The summed E-state index contributed by atoms with van der Waals surface area (Å²) < 4.78 is 2.46. The molecule has 7 rings (SSSR count). The van der Waals surface area contributed by atoms with Crippen molar-refractivity contribution in [2.75, 3.05) is 0 Å². The van der Waals surface area contributed by atoms with Gasteiger partial charge in [0.15, 0.2) is 0 Å². The summed E-state index contributed by atoms with van der Waals surface area (Å²) in [7, 11) is 0. The Hall–Kier alpha value is -6.93. The van der Waals surface area contributed by atoms with Crippen molar-refractivity contribution in [2.24, 2.45) is 10.8 Å².